The van der Waals surface area contributed by atoms with Crippen LogP contribution in [0.2, 0.25) is 0 Å². The molecule has 0 spiro atoms. The van der Waals surface area contributed by atoms with E-state index in [1.165, 1.54) is 11.3 Å². The topological polar surface area (TPSA) is 102 Å². The summed E-state index contributed by atoms with van der Waals surface area (Å²) in [5.74, 6) is 0.190. The number of carbonyl (C=O) groups excluding carboxylic acids is 2. The molecule has 0 saturated carbocycles. The van der Waals surface area contributed by atoms with Crippen LogP contribution in [0.1, 0.15) is 63.8 Å². The van der Waals surface area contributed by atoms with Crippen molar-refractivity contribution in [3.05, 3.63) is 45.8 Å². The Kier molecular flexibility index (Phi) is 6.85. The van der Waals surface area contributed by atoms with Crippen molar-refractivity contribution in [2.75, 3.05) is 23.4 Å². The average molecular weight is 477 g/mol. The van der Waals surface area contributed by atoms with Gasteiger partial charge in [0.25, 0.3) is 11.8 Å². The lowest BCUT2D eigenvalue weighted by Crippen LogP contribution is -2.36. The molecule has 1 aromatic carbocycles. The van der Waals surface area contributed by atoms with Crippen molar-refractivity contribution in [2.45, 2.75) is 51.5 Å². The molecule has 1 saturated heterocycles. The Hall–Kier alpha value is -2.39. The second-order valence-corrected chi connectivity index (χ2v) is 11.6. The lowest BCUT2D eigenvalue weighted by atomic mass is 9.95. The molecule has 2 amide bonds. The Balaban J connectivity index is 1.53. The number of rotatable bonds is 7. The third-order valence-corrected chi connectivity index (χ3v) is 8.76. The quantitative estimate of drug-likeness (QED) is 0.636. The number of amides is 2. The van der Waals surface area contributed by atoms with Crippen LogP contribution in [0.5, 0.6) is 5.75 Å². The third kappa shape index (κ3) is 5.15. The van der Waals surface area contributed by atoms with Gasteiger partial charge in [-0.05, 0) is 68.4 Å². The van der Waals surface area contributed by atoms with Crippen LogP contribution < -0.4 is 15.4 Å². The van der Waals surface area contributed by atoms with Gasteiger partial charge >= 0.3 is 0 Å². The van der Waals surface area contributed by atoms with E-state index in [4.69, 9.17) is 4.74 Å². The van der Waals surface area contributed by atoms with Crippen LogP contribution in [-0.2, 0) is 22.7 Å². The predicted octanol–water partition coefficient (Wildman–Crippen LogP) is 3.58. The van der Waals surface area contributed by atoms with Gasteiger partial charge < -0.3 is 15.4 Å². The molecule has 2 heterocycles. The Morgan fingerprint density at radius 2 is 1.88 bits per heavy atom. The molecule has 1 aromatic heterocycles. The molecule has 172 valence electrons. The minimum absolute atomic E-state index is 0.0286. The van der Waals surface area contributed by atoms with Crippen LogP contribution in [0.4, 0.5) is 5.00 Å². The van der Waals surface area contributed by atoms with Crippen molar-refractivity contribution in [3.8, 4) is 5.75 Å². The van der Waals surface area contributed by atoms with Gasteiger partial charge in [0, 0.05) is 16.5 Å². The van der Waals surface area contributed by atoms with Gasteiger partial charge in [0.2, 0.25) is 0 Å². The van der Waals surface area contributed by atoms with Crippen LogP contribution in [0.25, 0.3) is 0 Å². The zero-order valence-corrected chi connectivity index (χ0v) is 19.7. The molecule has 9 heteroatoms. The van der Waals surface area contributed by atoms with Crippen LogP contribution in [-0.4, -0.2) is 44.4 Å². The molecule has 0 unspecified atom stereocenters. The molecule has 1 atom stereocenters. The van der Waals surface area contributed by atoms with Crippen molar-refractivity contribution >= 4 is 38.0 Å². The summed E-state index contributed by atoms with van der Waals surface area (Å²) in [5.41, 5.74) is 1.96. The first-order valence-electron chi connectivity index (χ1n) is 11.1. The Labute approximate surface area is 192 Å². The summed E-state index contributed by atoms with van der Waals surface area (Å²) in [6, 6.07) is 6.55. The molecule has 2 N–H and O–H groups in total. The number of aryl methyl sites for hydroxylation is 1. The molecule has 1 aliphatic carbocycles. The summed E-state index contributed by atoms with van der Waals surface area (Å²) >= 11 is 1.45. The van der Waals surface area contributed by atoms with E-state index in [2.05, 4.69) is 10.6 Å². The van der Waals surface area contributed by atoms with E-state index in [1.54, 1.807) is 24.3 Å². The van der Waals surface area contributed by atoms with Crippen molar-refractivity contribution in [1.29, 1.82) is 0 Å². The molecular formula is C23H28N2O5S2. The highest BCUT2D eigenvalue weighted by atomic mass is 32.2. The Bertz CT molecular complexity index is 1110. The second kappa shape index (κ2) is 9.62. The second-order valence-electron chi connectivity index (χ2n) is 8.32. The smallest absolute Gasteiger partial charge is 0.256 e. The number of anilines is 1. The molecule has 0 bridgehead atoms. The number of nitrogens with one attached hydrogen (secondary N) is 2. The van der Waals surface area contributed by atoms with Crippen LogP contribution in [0, 0.1) is 0 Å². The summed E-state index contributed by atoms with van der Waals surface area (Å²) in [7, 11) is -3.09. The van der Waals surface area contributed by atoms with E-state index in [0.29, 0.717) is 34.9 Å². The molecule has 2 aliphatic rings. The fourth-order valence-electron chi connectivity index (χ4n) is 4.16. The summed E-state index contributed by atoms with van der Waals surface area (Å²) in [5, 5.41) is 6.35. The maximum absolute atomic E-state index is 13.2. The highest BCUT2D eigenvalue weighted by Crippen LogP contribution is 2.38. The summed E-state index contributed by atoms with van der Waals surface area (Å²) in [6.07, 6.45) is 5.06. The lowest BCUT2D eigenvalue weighted by Gasteiger charge is -2.15. The molecule has 0 radical (unpaired) electrons. The zero-order valence-electron chi connectivity index (χ0n) is 18.1. The molecule has 4 rings (SSSR count). The predicted molar refractivity (Wildman–Crippen MR) is 126 cm³/mol. The third-order valence-electron chi connectivity index (χ3n) is 5.78. The molecule has 2 aromatic rings. The number of hydrogen-bond donors (Lipinski definition) is 2. The SMILES string of the molecule is CCCOc1ccc(C(=O)Nc2sc3c(c2C(=O)N[C@@H]2CCS(=O)(=O)C2)CCCC3)cc1. The monoisotopic (exact) mass is 476 g/mol. The van der Waals surface area contributed by atoms with Crippen LogP contribution in [0.3, 0.4) is 0 Å². The summed E-state index contributed by atoms with van der Waals surface area (Å²) < 4.78 is 29.1. The maximum Gasteiger partial charge on any atom is 0.256 e. The van der Waals surface area contributed by atoms with Crippen molar-refractivity contribution < 1.29 is 22.7 Å². The Morgan fingerprint density at radius 3 is 2.56 bits per heavy atom. The molecule has 32 heavy (non-hydrogen) atoms. The number of thiophene rings is 1. The number of sulfone groups is 1. The highest BCUT2D eigenvalue weighted by Gasteiger charge is 2.32. The average Bonchev–Trinajstić information content (AvgIpc) is 3.31. The van der Waals surface area contributed by atoms with Gasteiger partial charge in [-0.25, -0.2) is 8.42 Å². The zero-order chi connectivity index (χ0) is 22.7. The first kappa shape index (κ1) is 22.8. The van der Waals surface area contributed by atoms with E-state index in [1.807, 2.05) is 6.92 Å². The Morgan fingerprint density at radius 1 is 1.12 bits per heavy atom. The number of benzene rings is 1. The van der Waals surface area contributed by atoms with Crippen molar-refractivity contribution in [3.63, 3.8) is 0 Å². The number of carbonyl (C=O) groups is 2. The fourth-order valence-corrected chi connectivity index (χ4v) is 7.11. The van der Waals surface area contributed by atoms with Gasteiger partial charge in [-0.3, -0.25) is 9.59 Å². The van der Waals surface area contributed by atoms with Gasteiger partial charge in [0.15, 0.2) is 9.84 Å². The van der Waals surface area contributed by atoms with Crippen LogP contribution in [0.15, 0.2) is 24.3 Å². The maximum atomic E-state index is 13.2. The molecule has 1 fully saturated rings. The van der Waals surface area contributed by atoms with E-state index < -0.39 is 9.84 Å². The van der Waals surface area contributed by atoms with E-state index >= 15 is 0 Å². The first-order valence-corrected chi connectivity index (χ1v) is 13.7. The van der Waals surface area contributed by atoms with E-state index in [0.717, 1.165) is 42.5 Å². The summed E-state index contributed by atoms with van der Waals surface area (Å²) in [4.78, 5) is 27.2. The summed E-state index contributed by atoms with van der Waals surface area (Å²) in [6.45, 7) is 2.65. The van der Waals surface area contributed by atoms with E-state index in [9.17, 15) is 18.0 Å². The van der Waals surface area contributed by atoms with E-state index in [-0.39, 0.29) is 29.4 Å². The van der Waals surface area contributed by atoms with Crippen molar-refractivity contribution in [1.82, 2.24) is 5.32 Å². The van der Waals surface area contributed by atoms with Crippen molar-refractivity contribution in [2.24, 2.45) is 0 Å². The molecule has 1 aliphatic heterocycles. The van der Waals surface area contributed by atoms with Crippen LogP contribution >= 0.6 is 11.3 Å². The number of ether oxygens (including phenoxy) is 1. The van der Waals surface area contributed by atoms with Gasteiger partial charge in [-0.15, -0.1) is 11.3 Å². The first-order chi connectivity index (χ1) is 15.4. The molecule has 7 nitrogen and oxygen atoms in total. The van der Waals surface area contributed by atoms with Gasteiger partial charge in [-0.2, -0.15) is 0 Å². The van der Waals surface area contributed by atoms with Gasteiger partial charge in [-0.1, -0.05) is 6.92 Å². The fraction of sp³-hybridized carbons (Fsp3) is 0.478. The minimum Gasteiger partial charge on any atom is -0.494 e. The number of fused-ring (bicyclic) bond motifs is 1. The van der Waals surface area contributed by atoms with Gasteiger partial charge in [0.05, 0.1) is 23.7 Å². The largest absolute Gasteiger partial charge is 0.494 e. The standard InChI is InChI=1S/C23H28N2O5S2/c1-2-12-30-17-9-7-15(8-10-17)21(26)25-23-20(18-5-3-4-6-19(18)31-23)22(27)24-16-11-13-32(28,29)14-16/h7-10,16H,2-6,11-14H2,1H3,(H,24,27)(H,25,26)/t16-/m1/s1. The number of hydrogen-bond acceptors (Lipinski definition) is 6. The molecular weight excluding hydrogens is 448 g/mol. The minimum atomic E-state index is -3.09. The normalized spacial score (nSPS) is 19.2. The van der Waals surface area contributed by atoms with Gasteiger partial charge in [0.1, 0.15) is 10.8 Å². The lowest BCUT2D eigenvalue weighted by molar-refractivity contribution is 0.0941. The highest BCUT2D eigenvalue weighted by molar-refractivity contribution is 7.91.